The van der Waals surface area contributed by atoms with Crippen LogP contribution in [0.4, 0.5) is 10.1 Å². The van der Waals surface area contributed by atoms with Gasteiger partial charge < -0.3 is 10.1 Å². The molecule has 0 bridgehead atoms. The standard InChI is InChI=1S/C19H17FN2O/c1-13-11-19(22-12-18(13)21-2)23-17-9-5-15(6-10-17)14-3-7-16(20)8-4-14/h3-12,21H,1-2H3. The number of hydrogen-bond acceptors (Lipinski definition) is 3. The van der Waals surface area contributed by atoms with Crippen molar-refractivity contribution < 1.29 is 9.13 Å². The first kappa shape index (κ1) is 15.0. The Labute approximate surface area is 134 Å². The van der Waals surface area contributed by atoms with Crippen LogP contribution < -0.4 is 10.1 Å². The Bertz CT molecular complexity index is 799. The maximum atomic E-state index is 13.0. The van der Waals surface area contributed by atoms with Crippen LogP contribution in [-0.2, 0) is 0 Å². The molecule has 0 aliphatic heterocycles. The minimum Gasteiger partial charge on any atom is -0.439 e. The van der Waals surface area contributed by atoms with Gasteiger partial charge in [-0.15, -0.1) is 0 Å². The Morgan fingerprint density at radius 1 is 0.957 bits per heavy atom. The first-order valence-electron chi connectivity index (χ1n) is 7.34. The van der Waals surface area contributed by atoms with E-state index in [4.69, 9.17) is 4.74 Å². The normalized spacial score (nSPS) is 10.4. The topological polar surface area (TPSA) is 34.2 Å². The van der Waals surface area contributed by atoms with Crippen molar-refractivity contribution in [3.63, 3.8) is 0 Å². The summed E-state index contributed by atoms with van der Waals surface area (Å²) in [5.74, 6) is 1.02. The monoisotopic (exact) mass is 308 g/mol. The van der Waals surface area contributed by atoms with Gasteiger partial charge >= 0.3 is 0 Å². The molecule has 3 rings (SSSR count). The molecule has 0 amide bonds. The molecule has 0 spiro atoms. The molecule has 1 heterocycles. The van der Waals surface area contributed by atoms with E-state index in [-0.39, 0.29) is 5.82 Å². The average molecular weight is 308 g/mol. The van der Waals surface area contributed by atoms with Crippen LogP contribution in [-0.4, -0.2) is 12.0 Å². The van der Waals surface area contributed by atoms with Crippen LogP contribution in [0.25, 0.3) is 11.1 Å². The van der Waals surface area contributed by atoms with E-state index in [2.05, 4.69) is 10.3 Å². The molecule has 116 valence electrons. The lowest BCUT2D eigenvalue weighted by molar-refractivity contribution is 0.463. The molecule has 0 radical (unpaired) electrons. The van der Waals surface area contributed by atoms with E-state index in [0.717, 1.165) is 22.4 Å². The van der Waals surface area contributed by atoms with Crippen LogP contribution in [0.1, 0.15) is 5.56 Å². The fourth-order valence-corrected chi connectivity index (χ4v) is 2.33. The maximum absolute atomic E-state index is 13.0. The van der Waals surface area contributed by atoms with Gasteiger partial charge in [-0.3, -0.25) is 0 Å². The number of ether oxygens (including phenoxy) is 1. The van der Waals surface area contributed by atoms with Gasteiger partial charge in [0.05, 0.1) is 11.9 Å². The minimum absolute atomic E-state index is 0.236. The summed E-state index contributed by atoms with van der Waals surface area (Å²) in [6.07, 6.45) is 1.75. The Morgan fingerprint density at radius 3 is 2.13 bits per heavy atom. The molecule has 1 N–H and O–H groups in total. The molecule has 0 aliphatic rings. The van der Waals surface area contributed by atoms with E-state index in [1.165, 1.54) is 12.1 Å². The van der Waals surface area contributed by atoms with Crippen LogP contribution >= 0.6 is 0 Å². The zero-order valence-electron chi connectivity index (χ0n) is 13.0. The highest BCUT2D eigenvalue weighted by atomic mass is 19.1. The summed E-state index contributed by atoms with van der Waals surface area (Å²) >= 11 is 0. The molecule has 2 aromatic carbocycles. The Balaban J connectivity index is 1.77. The number of hydrogen-bond donors (Lipinski definition) is 1. The molecule has 3 nitrogen and oxygen atoms in total. The first-order valence-corrected chi connectivity index (χ1v) is 7.34. The van der Waals surface area contributed by atoms with E-state index >= 15 is 0 Å². The van der Waals surface area contributed by atoms with Gasteiger partial charge in [0.15, 0.2) is 0 Å². The third-order valence-corrected chi connectivity index (χ3v) is 3.61. The van der Waals surface area contributed by atoms with Crippen molar-refractivity contribution in [2.45, 2.75) is 6.92 Å². The maximum Gasteiger partial charge on any atom is 0.219 e. The summed E-state index contributed by atoms with van der Waals surface area (Å²) in [4.78, 5) is 4.27. The van der Waals surface area contributed by atoms with E-state index in [0.29, 0.717) is 11.6 Å². The number of anilines is 1. The highest BCUT2D eigenvalue weighted by Gasteiger charge is 2.04. The molecular weight excluding hydrogens is 291 g/mol. The predicted octanol–water partition coefficient (Wildman–Crippen LogP) is 5.03. The highest BCUT2D eigenvalue weighted by molar-refractivity contribution is 5.64. The lowest BCUT2D eigenvalue weighted by Gasteiger charge is -2.09. The molecule has 0 aliphatic carbocycles. The number of pyridine rings is 1. The summed E-state index contributed by atoms with van der Waals surface area (Å²) in [5.41, 5.74) is 4.02. The summed E-state index contributed by atoms with van der Waals surface area (Å²) in [5, 5.41) is 3.07. The van der Waals surface area contributed by atoms with Gasteiger partial charge in [-0.2, -0.15) is 0 Å². The third kappa shape index (κ3) is 3.48. The SMILES string of the molecule is CNc1cnc(Oc2ccc(-c3ccc(F)cc3)cc2)cc1C. The summed E-state index contributed by atoms with van der Waals surface area (Å²) in [6.45, 7) is 2.00. The van der Waals surface area contributed by atoms with Gasteiger partial charge in [0, 0.05) is 13.1 Å². The summed E-state index contributed by atoms with van der Waals surface area (Å²) in [7, 11) is 1.86. The minimum atomic E-state index is -0.236. The van der Waals surface area contributed by atoms with Crippen molar-refractivity contribution in [3.05, 3.63) is 72.2 Å². The van der Waals surface area contributed by atoms with Crippen LogP contribution in [0.3, 0.4) is 0 Å². The highest BCUT2D eigenvalue weighted by Crippen LogP contribution is 2.26. The van der Waals surface area contributed by atoms with Crippen molar-refractivity contribution in [2.24, 2.45) is 0 Å². The van der Waals surface area contributed by atoms with E-state index in [1.807, 2.05) is 44.3 Å². The van der Waals surface area contributed by atoms with Crippen LogP contribution in [0.5, 0.6) is 11.6 Å². The third-order valence-electron chi connectivity index (χ3n) is 3.61. The number of aryl methyl sites for hydroxylation is 1. The average Bonchev–Trinajstić information content (AvgIpc) is 2.57. The fraction of sp³-hybridized carbons (Fsp3) is 0.105. The number of aromatic nitrogens is 1. The molecule has 3 aromatic rings. The molecule has 0 saturated carbocycles. The predicted molar refractivity (Wildman–Crippen MR) is 90.4 cm³/mol. The second-order valence-electron chi connectivity index (χ2n) is 5.22. The van der Waals surface area contributed by atoms with E-state index < -0.39 is 0 Å². The second-order valence-corrected chi connectivity index (χ2v) is 5.22. The van der Waals surface area contributed by atoms with Gasteiger partial charge in [0.2, 0.25) is 5.88 Å². The smallest absolute Gasteiger partial charge is 0.219 e. The van der Waals surface area contributed by atoms with E-state index in [9.17, 15) is 4.39 Å². The van der Waals surface area contributed by atoms with Gasteiger partial charge in [0.1, 0.15) is 11.6 Å². The number of benzene rings is 2. The molecule has 0 saturated heterocycles. The molecular formula is C19H17FN2O. The molecule has 0 unspecified atom stereocenters. The Kier molecular flexibility index (Phi) is 4.24. The first-order chi connectivity index (χ1) is 11.2. The van der Waals surface area contributed by atoms with Crippen molar-refractivity contribution in [1.29, 1.82) is 0 Å². The summed E-state index contributed by atoms with van der Waals surface area (Å²) in [6, 6.07) is 15.9. The van der Waals surface area contributed by atoms with Gasteiger partial charge in [0.25, 0.3) is 0 Å². The molecule has 23 heavy (non-hydrogen) atoms. The number of nitrogens with one attached hydrogen (secondary N) is 1. The quantitative estimate of drug-likeness (QED) is 0.734. The van der Waals surface area contributed by atoms with Crippen LogP contribution in [0.2, 0.25) is 0 Å². The van der Waals surface area contributed by atoms with Crippen LogP contribution in [0, 0.1) is 12.7 Å². The van der Waals surface area contributed by atoms with Gasteiger partial charge in [-0.05, 0) is 47.9 Å². The van der Waals surface area contributed by atoms with Crippen LogP contribution in [0.15, 0.2) is 60.8 Å². The molecule has 0 fully saturated rings. The van der Waals surface area contributed by atoms with Gasteiger partial charge in [-0.25, -0.2) is 9.37 Å². The van der Waals surface area contributed by atoms with Crippen molar-refractivity contribution in [1.82, 2.24) is 4.98 Å². The Morgan fingerprint density at radius 2 is 1.57 bits per heavy atom. The zero-order valence-corrected chi connectivity index (χ0v) is 13.0. The zero-order chi connectivity index (χ0) is 16.2. The van der Waals surface area contributed by atoms with Crippen molar-refractivity contribution in [3.8, 4) is 22.8 Å². The Hall–Kier alpha value is -2.88. The molecule has 0 atom stereocenters. The lowest BCUT2D eigenvalue weighted by atomic mass is 10.1. The lowest BCUT2D eigenvalue weighted by Crippen LogP contribution is -1.95. The van der Waals surface area contributed by atoms with Crippen molar-refractivity contribution >= 4 is 5.69 Å². The molecule has 4 heteroatoms. The number of halogens is 1. The summed E-state index contributed by atoms with van der Waals surface area (Å²) < 4.78 is 18.7. The largest absolute Gasteiger partial charge is 0.439 e. The van der Waals surface area contributed by atoms with Gasteiger partial charge in [-0.1, -0.05) is 24.3 Å². The number of rotatable bonds is 4. The van der Waals surface area contributed by atoms with E-state index in [1.54, 1.807) is 18.3 Å². The second kappa shape index (κ2) is 6.48. The van der Waals surface area contributed by atoms with Crippen molar-refractivity contribution in [2.75, 3.05) is 12.4 Å². The fourth-order valence-electron chi connectivity index (χ4n) is 2.33. The number of nitrogens with zero attached hydrogens (tertiary/aromatic N) is 1. The molecule has 1 aromatic heterocycles.